The zero-order valence-electron chi connectivity index (χ0n) is 9.69. The fourth-order valence-electron chi connectivity index (χ4n) is 1.90. The summed E-state index contributed by atoms with van der Waals surface area (Å²) in [6.45, 7) is 0. The Kier molecular flexibility index (Phi) is 3.26. The molecule has 1 aromatic carbocycles. The van der Waals surface area contributed by atoms with Crippen LogP contribution in [0.25, 0.3) is 11.5 Å². The second-order valence-electron chi connectivity index (χ2n) is 4.44. The van der Waals surface area contributed by atoms with E-state index >= 15 is 0 Å². The predicted molar refractivity (Wildman–Crippen MR) is 78.6 cm³/mol. The third-order valence-electron chi connectivity index (χ3n) is 2.97. The first-order valence-corrected chi connectivity index (χ1v) is 7.21. The van der Waals surface area contributed by atoms with Crippen LogP contribution in [-0.4, -0.2) is 16.1 Å². The van der Waals surface area contributed by atoms with Gasteiger partial charge in [-0.05, 0) is 53.6 Å². The molecule has 0 amide bonds. The van der Waals surface area contributed by atoms with Gasteiger partial charge in [0.25, 0.3) is 0 Å². The van der Waals surface area contributed by atoms with Crippen molar-refractivity contribution < 1.29 is 14.3 Å². The zero-order valence-corrected chi connectivity index (χ0v) is 12.6. The topological polar surface area (TPSA) is 63.3 Å². The van der Waals surface area contributed by atoms with Gasteiger partial charge in [0.05, 0.1) is 11.3 Å². The molecule has 19 heavy (non-hydrogen) atoms. The van der Waals surface area contributed by atoms with Crippen LogP contribution >= 0.6 is 34.2 Å². The first-order chi connectivity index (χ1) is 9.06. The van der Waals surface area contributed by atoms with Gasteiger partial charge in [-0.3, -0.25) is 0 Å². The maximum Gasteiger partial charge on any atom is 0.373 e. The number of rotatable bonds is 3. The van der Waals surface area contributed by atoms with E-state index in [1.165, 1.54) is 0 Å². The second kappa shape index (κ2) is 4.79. The van der Waals surface area contributed by atoms with Gasteiger partial charge in [-0.2, -0.15) is 0 Å². The first kappa shape index (κ1) is 12.9. The Morgan fingerprint density at radius 1 is 1.47 bits per heavy atom. The van der Waals surface area contributed by atoms with Crippen LogP contribution in [0.15, 0.2) is 22.6 Å². The molecule has 4 nitrogen and oxygen atoms in total. The van der Waals surface area contributed by atoms with Crippen LogP contribution in [0, 0.1) is 3.57 Å². The Balaban J connectivity index is 2.12. The van der Waals surface area contributed by atoms with Crippen molar-refractivity contribution in [3.05, 3.63) is 38.2 Å². The number of halogens is 2. The Morgan fingerprint density at radius 2 is 2.21 bits per heavy atom. The Labute approximate surface area is 127 Å². The summed E-state index contributed by atoms with van der Waals surface area (Å²) < 4.78 is 6.34. The number of aromatic carboxylic acids is 1. The lowest BCUT2D eigenvalue weighted by molar-refractivity contribution is 0.0661. The van der Waals surface area contributed by atoms with Gasteiger partial charge in [-0.1, -0.05) is 11.6 Å². The highest BCUT2D eigenvalue weighted by atomic mass is 127. The van der Waals surface area contributed by atoms with Crippen molar-refractivity contribution >= 4 is 40.2 Å². The average molecular weight is 390 g/mol. The van der Waals surface area contributed by atoms with Crippen molar-refractivity contribution in [3.63, 3.8) is 0 Å². The summed E-state index contributed by atoms with van der Waals surface area (Å²) in [5.41, 5.74) is 1.28. The largest absolute Gasteiger partial charge is 0.475 e. The van der Waals surface area contributed by atoms with Gasteiger partial charge in [0, 0.05) is 14.5 Å². The predicted octanol–water partition coefficient (Wildman–Crippen LogP) is 4.18. The van der Waals surface area contributed by atoms with Gasteiger partial charge in [-0.25, -0.2) is 9.78 Å². The summed E-state index contributed by atoms with van der Waals surface area (Å²) in [5, 5.41) is 9.73. The highest BCUT2D eigenvalue weighted by Crippen LogP contribution is 2.42. The Morgan fingerprint density at radius 3 is 2.84 bits per heavy atom. The van der Waals surface area contributed by atoms with Crippen molar-refractivity contribution in [2.45, 2.75) is 18.8 Å². The highest BCUT2D eigenvalue weighted by molar-refractivity contribution is 14.1. The van der Waals surface area contributed by atoms with Gasteiger partial charge in [-0.15, -0.1) is 0 Å². The number of hydrogen-bond acceptors (Lipinski definition) is 3. The van der Waals surface area contributed by atoms with Crippen molar-refractivity contribution in [1.29, 1.82) is 0 Å². The molecule has 1 saturated carbocycles. The molecular weight excluding hydrogens is 381 g/mol. The maximum absolute atomic E-state index is 11.2. The van der Waals surface area contributed by atoms with E-state index in [1.54, 1.807) is 12.1 Å². The number of nitrogens with zero attached hydrogens (tertiary/aromatic N) is 1. The average Bonchev–Trinajstić information content (AvgIpc) is 3.11. The van der Waals surface area contributed by atoms with Crippen molar-refractivity contribution in [2.24, 2.45) is 0 Å². The van der Waals surface area contributed by atoms with Crippen LogP contribution in [0.5, 0.6) is 0 Å². The van der Waals surface area contributed by atoms with Gasteiger partial charge < -0.3 is 9.52 Å². The molecule has 1 aliphatic carbocycles. The van der Waals surface area contributed by atoms with Crippen LogP contribution < -0.4 is 0 Å². The molecule has 2 aromatic rings. The van der Waals surface area contributed by atoms with E-state index in [0.717, 1.165) is 22.0 Å². The minimum absolute atomic E-state index is 0.0479. The third kappa shape index (κ3) is 2.49. The van der Waals surface area contributed by atoms with E-state index in [-0.39, 0.29) is 11.7 Å². The highest BCUT2D eigenvalue weighted by Gasteiger charge is 2.33. The van der Waals surface area contributed by atoms with Crippen molar-refractivity contribution in [2.75, 3.05) is 0 Å². The van der Waals surface area contributed by atoms with Crippen LogP contribution in [-0.2, 0) is 0 Å². The fraction of sp³-hybridized carbons (Fsp3) is 0.231. The standard InChI is InChI=1S/C13H9ClINO3/c14-7-3-4-9(15)8(5-7)12-16-10(6-1-2-6)11(19-12)13(17)18/h3-6H,1-2H2,(H,17,18). The molecule has 0 saturated heterocycles. The molecule has 0 unspecified atom stereocenters. The lowest BCUT2D eigenvalue weighted by Gasteiger charge is -1.99. The number of hydrogen-bond donors (Lipinski definition) is 1. The molecule has 0 atom stereocenters. The van der Waals surface area contributed by atoms with Gasteiger partial charge in [0.1, 0.15) is 0 Å². The van der Waals surface area contributed by atoms with Crippen LogP contribution in [0.3, 0.4) is 0 Å². The minimum atomic E-state index is -1.07. The van der Waals surface area contributed by atoms with E-state index < -0.39 is 5.97 Å². The quantitative estimate of drug-likeness (QED) is 0.800. The zero-order chi connectivity index (χ0) is 13.6. The molecule has 0 aliphatic heterocycles. The van der Waals surface area contributed by atoms with Crippen LogP contribution in [0.2, 0.25) is 5.02 Å². The lowest BCUT2D eigenvalue weighted by atomic mass is 10.2. The number of oxazole rings is 1. The van der Waals surface area contributed by atoms with Gasteiger partial charge >= 0.3 is 5.97 Å². The summed E-state index contributed by atoms with van der Waals surface area (Å²) in [4.78, 5) is 15.5. The number of carbonyl (C=O) groups is 1. The molecule has 98 valence electrons. The monoisotopic (exact) mass is 389 g/mol. The first-order valence-electron chi connectivity index (χ1n) is 5.75. The SMILES string of the molecule is O=C(O)c1oc(-c2cc(Cl)ccc2I)nc1C1CC1. The van der Waals surface area contributed by atoms with Gasteiger partial charge in [0.15, 0.2) is 0 Å². The Hall–Kier alpha value is -1.08. The third-order valence-corrected chi connectivity index (χ3v) is 4.15. The summed E-state index contributed by atoms with van der Waals surface area (Å²) in [7, 11) is 0. The maximum atomic E-state index is 11.2. The molecule has 0 bridgehead atoms. The molecular formula is C13H9ClINO3. The fourth-order valence-corrected chi connectivity index (χ4v) is 2.63. The van der Waals surface area contributed by atoms with Crippen LogP contribution in [0.1, 0.15) is 35.0 Å². The minimum Gasteiger partial charge on any atom is -0.475 e. The summed E-state index contributed by atoms with van der Waals surface area (Å²) in [6.07, 6.45) is 1.94. The van der Waals surface area contributed by atoms with E-state index in [1.807, 2.05) is 6.07 Å². The molecule has 0 spiro atoms. The second-order valence-corrected chi connectivity index (χ2v) is 6.04. The Bertz CT molecular complexity index is 664. The lowest BCUT2D eigenvalue weighted by Crippen LogP contribution is -1.98. The number of carboxylic acid groups (broad SMARTS) is 1. The molecule has 1 aliphatic rings. The van der Waals surface area contributed by atoms with E-state index in [2.05, 4.69) is 27.6 Å². The number of benzene rings is 1. The normalized spacial score (nSPS) is 14.6. The smallest absolute Gasteiger partial charge is 0.373 e. The molecule has 1 N–H and O–H groups in total. The van der Waals surface area contributed by atoms with Gasteiger partial charge in [0.2, 0.25) is 11.7 Å². The van der Waals surface area contributed by atoms with Crippen LogP contribution in [0.4, 0.5) is 0 Å². The van der Waals surface area contributed by atoms with E-state index in [9.17, 15) is 4.79 Å². The van der Waals surface area contributed by atoms with E-state index in [4.69, 9.17) is 21.1 Å². The molecule has 1 heterocycles. The molecule has 1 fully saturated rings. The van der Waals surface area contributed by atoms with E-state index in [0.29, 0.717) is 16.6 Å². The number of aromatic nitrogens is 1. The summed E-state index contributed by atoms with van der Waals surface area (Å²) in [6, 6.07) is 5.35. The van der Waals surface area contributed by atoms with Crippen molar-refractivity contribution in [3.8, 4) is 11.5 Å². The van der Waals surface area contributed by atoms with Crippen molar-refractivity contribution in [1.82, 2.24) is 4.98 Å². The molecule has 0 radical (unpaired) electrons. The number of carboxylic acids is 1. The molecule has 3 rings (SSSR count). The molecule has 6 heteroatoms. The summed E-state index contributed by atoms with van der Waals surface area (Å²) in [5.74, 6) is -0.572. The summed E-state index contributed by atoms with van der Waals surface area (Å²) >= 11 is 8.11. The molecule has 1 aromatic heterocycles.